The predicted molar refractivity (Wildman–Crippen MR) is 104 cm³/mol. The van der Waals surface area contributed by atoms with Crippen molar-refractivity contribution in [1.82, 2.24) is 0 Å². The lowest BCUT2D eigenvalue weighted by Crippen LogP contribution is -2.28. The van der Waals surface area contributed by atoms with Gasteiger partial charge in [-0.05, 0) is 90.8 Å². The molecule has 0 heterocycles. The highest BCUT2D eigenvalue weighted by atomic mass is 35.5. The number of fused-ring (bicyclic) bond motifs is 3. The van der Waals surface area contributed by atoms with Crippen LogP contribution < -0.4 is 0 Å². The molecule has 2 aliphatic rings. The second-order valence-electron chi connectivity index (χ2n) is 8.16. The Morgan fingerprint density at radius 3 is 2.41 bits per heavy atom. The molecule has 27 heavy (non-hydrogen) atoms. The smallest absolute Gasteiger partial charge is 0.145 e. The molecule has 0 unspecified atom stereocenters. The van der Waals surface area contributed by atoms with Gasteiger partial charge in [0.1, 0.15) is 22.5 Å². The summed E-state index contributed by atoms with van der Waals surface area (Å²) in [5.41, 5.74) is 2.68. The van der Waals surface area contributed by atoms with E-state index < -0.39 is 22.5 Å². The fraction of sp³-hybridized carbons (Fsp3) is 0.478. The van der Waals surface area contributed by atoms with Crippen LogP contribution >= 0.6 is 11.6 Å². The van der Waals surface area contributed by atoms with E-state index in [4.69, 9.17) is 11.6 Å². The van der Waals surface area contributed by atoms with E-state index in [0.717, 1.165) is 48.4 Å². The van der Waals surface area contributed by atoms with Crippen LogP contribution in [0.5, 0.6) is 0 Å². The molecule has 2 aromatic carbocycles. The Morgan fingerprint density at radius 1 is 0.963 bits per heavy atom. The van der Waals surface area contributed by atoms with Crippen molar-refractivity contribution in [2.45, 2.75) is 57.8 Å². The summed E-state index contributed by atoms with van der Waals surface area (Å²) in [6, 6.07) is 5.63. The van der Waals surface area contributed by atoms with Crippen molar-refractivity contribution < 1.29 is 13.2 Å². The van der Waals surface area contributed by atoms with Gasteiger partial charge in [0.15, 0.2) is 0 Å². The van der Waals surface area contributed by atoms with Gasteiger partial charge in [-0.3, -0.25) is 0 Å². The van der Waals surface area contributed by atoms with Gasteiger partial charge in [-0.1, -0.05) is 31.4 Å². The van der Waals surface area contributed by atoms with Crippen LogP contribution in [0.3, 0.4) is 0 Å². The third kappa shape index (κ3) is 3.51. The quantitative estimate of drug-likeness (QED) is 0.470. The summed E-state index contributed by atoms with van der Waals surface area (Å²) in [4.78, 5) is 0. The third-order valence-electron chi connectivity index (χ3n) is 6.50. The van der Waals surface area contributed by atoms with Crippen LogP contribution in [0.15, 0.2) is 24.3 Å². The molecule has 3 atom stereocenters. The SMILES string of the molecule is CCC[C@@H]1CC[C@@H]2c3cc(F)c(-c4cc(F)c(Cl)c(F)c4)cc3CC[C@@H]2C1. The molecule has 0 radical (unpaired) electrons. The van der Waals surface area contributed by atoms with Crippen molar-refractivity contribution in [2.75, 3.05) is 0 Å². The maximum atomic E-state index is 14.9. The molecule has 4 heteroatoms. The van der Waals surface area contributed by atoms with Crippen LogP contribution in [0.4, 0.5) is 13.2 Å². The Morgan fingerprint density at radius 2 is 1.70 bits per heavy atom. The van der Waals surface area contributed by atoms with Gasteiger partial charge in [-0.15, -0.1) is 0 Å². The van der Waals surface area contributed by atoms with Crippen molar-refractivity contribution in [1.29, 1.82) is 0 Å². The lowest BCUT2D eigenvalue weighted by Gasteiger charge is -2.41. The van der Waals surface area contributed by atoms with Crippen molar-refractivity contribution in [3.63, 3.8) is 0 Å². The minimum Gasteiger partial charge on any atom is -0.206 e. The topological polar surface area (TPSA) is 0 Å². The lowest BCUT2D eigenvalue weighted by atomic mass is 9.64. The Kier molecular flexibility index (Phi) is 5.24. The van der Waals surface area contributed by atoms with E-state index in [9.17, 15) is 13.2 Å². The minimum absolute atomic E-state index is 0.198. The van der Waals surface area contributed by atoms with Crippen LogP contribution in [0.25, 0.3) is 11.1 Å². The van der Waals surface area contributed by atoms with Crippen molar-refractivity contribution >= 4 is 11.6 Å². The van der Waals surface area contributed by atoms with E-state index in [1.807, 2.05) is 0 Å². The summed E-state index contributed by atoms with van der Waals surface area (Å²) in [5.74, 6) is -0.271. The highest BCUT2D eigenvalue weighted by Crippen LogP contribution is 2.48. The minimum atomic E-state index is -0.863. The number of benzene rings is 2. The molecular weight excluding hydrogens is 369 g/mol. The molecule has 0 spiro atoms. The second-order valence-corrected chi connectivity index (χ2v) is 8.54. The number of hydrogen-bond acceptors (Lipinski definition) is 0. The first-order chi connectivity index (χ1) is 13.0. The highest BCUT2D eigenvalue weighted by molar-refractivity contribution is 6.31. The molecule has 0 aromatic heterocycles. The monoisotopic (exact) mass is 392 g/mol. The Balaban J connectivity index is 1.67. The van der Waals surface area contributed by atoms with E-state index in [1.165, 1.54) is 25.7 Å². The number of halogens is 4. The number of aryl methyl sites for hydroxylation is 1. The average Bonchev–Trinajstić information content (AvgIpc) is 2.65. The Labute approximate surface area is 163 Å². The first-order valence-electron chi connectivity index (χ1n) is 9.95. The fourth-order valence-electron chi connectivity index (χ4n) is 5.23. The lowest BCUT2D eigenvalue weighted by molar-refractivity contribution is 0.201. The second kappa shape index (κ2) is 7.50. The largest absolute Gasteiger partial charge is 0.206 e. The molecule has 0 N–H and O–H groups in total. The van der Waals surface area contributed by atoms with Gasteiger partial charge in [0.2, 0.25) is 0 Å². The maximum absolute atomic E-state index is 14.9. The first-order valence-corrected chi connectivity index (χ1v) is 10.3. The van der Waals surface area contributed by atoms with Crippen molar-refractivity contribution in [3.05, 3.63) is 57.9 Å². The van der Waals surface area contributed by atoms with Crippen molar-refractivity contribution in [2.24, 2.45) is 11.8 Å². The molecule has 1 fully saturated rings. The zero-order valence-electron chi connectivity index (χ0n) is 15.5. The molecule has 0 nitrogen and oxygen atoms in total. The summed E-state index contributed by atoms with van der Waals surface area (Å²) in [6.45, 7) is 2.24. The highest BCUT2D eigenvalue weighted by Gasteiger charge is 2.35. The molecule has 0 saturated heterocycles. The predicted octanol–water partition coefficient (Wildman–Crippen LogP) is 7.67. The number of hydrogen-bond donors (Lipinski definition) is 0. The molecule has 2 aromatic rings. The van der Waals surface area contributed by atoms with Gasteiger partial charge in [-0.2, -0.15) is 0 Å². The number of rotatable bonds is 3. The molecule has 2 aliphatic carbocycles. The summed E-state index contributed by atoms with van der Waals surface area (Å²) < 4.78 is 42.6. The summed E-state index contributed by atoms with van der Waals surface area (Å²) in [6.07, 6.45) is 8.11. The molecule has 144 valence electrons. The fourth-order valence-corrected chi connectivity index (χ4v) is 5.34. The van der Waals surface area contributed by atoms with Crippen LogP contribution in [0.1, 0.15) is 62.5 Å². The zero-order valence-corrected chi connectivity index (χ0v) is 16.3. The molecular formula is C23H24ClF3. The van der Waals surface area contributed by atoms with Gasteiger partial charge in [0.05, 0.1) is 0 Å². The normalized spacial score (nSPS) is 24.4. The van der Waals surface area contributed by atoms with Crippen LogP contribution in [-0.4, -0.2) is 0 Å². The van der Waals surface area contributed by atoms with Gasteiger partial charge in [0, 0.05) is 5.56 Å². The average molecular weight is 393 g/mol. The first kappa shape index (κ1) is 18.9. The van der Waals surface area contributed by atoms with Crippen LogP contribution in [0.2, 0.25) is 5.02 Å². The zero-order chi connectivity index (χ0) is 19.1. The van der Waals surface area contributed by atoms with Crippen molar-refractivity contribution in [3.8, 4) is 11.1 Å². The van der Waals surface area contributed by atoms with Gasteiger partial charge in [0.25, 0.3) is 0 Å². The molecule has 0 aliphatic heterocycles. The standard InChI is InChI=1S/C23H24ClF3/c1-2-3-13-4-7-17-14(8-13)5-6-15-9-19(20(25)12-18(15)17)16-10-21(26)23(24)22(27)11-16/h9-14,17H,2-8H2,1H3/t13-,14-,17+/m1/s1. The van der Waals surface area contributed by atoms with Crippen LogP contribution in [0, 0.1) is 29.3 Å². The summed E-state index contributed by atoms with van der Waals surface area (Å²) >= 11 is 5.56. The summed E-state index contributed by atoms with van der Waals surface area (Å²) in [7, 11) is 0. The third-order valence-corrected chi connectivity index (χ3v) is 6.86. The summed E-state index contributed by atoms with van der Waals surface area (Å²) in [5, 5.41) is -0.552. The van der Waals surface area contributed by atoms with Crippen LogP contribution in [-0.2, 0) is 6.42 Å². The molecule has 0 amide bonds. The molecule has 4 rings (SSSR count). The van der Waals surface area contributed by atoms with E-state index in [-0.39, 0.29) is 11.1 Å². The molecule has 0 bridgehead atoms. The Bertz CT molecular complexity index is 838. The maximum Gasteiger partial charge on any atom is 0.145 e. The van der Waals surface area contributed by atoms with E-state index in [0.29, 0.717) is 11.8 Å². The van der Waals surface area contributed by atoms with E-state index in [2.05, 4.69) is 6.92 Å². The van der Waals surface area contributed by atoms with E-state index >= 15 is 0 Å². The molecule has 1 saturated carbocycles. The Hall–Kier alpha value is -1.48. The van der Waals surface area contributed by atoms with Gasteiger partial charge >= 0.3 is 0 Å². The van der Waals surface area contributed by atoms with Gasteiger partial charge < -0.3 is 0 Å². The van der Waals surface area contributed by atoms with Gasteiger partial charge in [-0.25, -0.2) is 13.2 Å². The van der Waals surface area contributed by atoms with E-state index in [1.54, 1.807) is 12.1 Å².